The van der Waals surface area contributed by atoms with Gasteiger partial charge in [-0.05, 0) is 29.8 Å². The molecule has 0 saturated heterocycles. The largest absolute Gasteiger partial charge is 0.507 e. The second-order valence-corrected chi connectivity index (χ2v) is 5.95. The first-order valence-electron chi connectivity index (χ1n) is 6.20. The van der Waals surface area contributed by atoms with Crippen LogP contribution in [0.4, 0.5) is 0 Å². The Hall–Kier alpha value is -1.52. The van der Waals surface area contributed by atoms with Crippen LogP contribution in [0.25, 0.3) is 0 Å². The maximum atomic E-state index is 9.95. The smallest absolute Gasteiger partial charge is 0.124 e. The lowest BCUT2D eigenvalue weighted by Crippen LogP contribution is -2.10. The molecule has 3 nitrogen and oxygen atoms in total. The number of benzene rings is 2. The lowest BCUT2D eigenvalue weighted by Gasteiger charge is -2.12. The highest BCUT2D eigenvalue weighted by Crippen LogP contribution is 2.32. The van der Waals surface area contributed by atoms with E-state index >= 15 is 0 Å². The molecule has 0 bridgehead atoms. The van der Waals surface area contributed by atoms with Gasteiger partial charge in [0.15, 0.2) is 0 Å². The first kappa shape index (κ1) is 13.5. The van der Waals surface area contributed by atoms with Gasteiger partial charge in [0.05, 0.1) is 11.8 Å². The second-order valence-electron chi connectivity index (χ2n) is 4.63. The fraction of sp³-hybridized carbons (Fsp3) is 0.133. The maximum Gasteiger partial charge on any atom is 0.124 e. The molecule has 0 fully saturated rings. The summed E-state index contributed by atoms with van der Waals surface area (Å²) in [5.41, 5.74) is 5.67. The van der Waals surface area contributed by atoms with Crippen molar-refractivity contribution in [2.45, 2.75) is 12.5 Å². The van der Waals surface area contributed by atoms with E-state index < -0.39 is 0 Å². The molecule has 2 aromatic carbocycles. The first-order chi connectivity index (χ1) is 9.65. The molecule has 0 saturated carbocycles. The Balaban J connectivity index is 1.86. The summed E-state index contributed by atoms with van der Waals surface area (Å²) < 4.78 is 0.911. The molecule has 2 N–H and O–H groups in total. The van der Waals surface area contributed by atoms with E-state index in [1.807, 2.05) is 30.3 Å². The molecule has 102 valence electrons. The molecule has 1 aliphatic rings. The molecular weight excluding hydrogens is 340 g/mol. The normalized spacial score (nSPS) is 17.7. The molecule has 20 heavy (non-hydrogen) atoms. The minimum Gasteiger partial charge on any atom is -0.507 e. The van der Waals surface area contributed by atoms with Crippen LogP contribution in [0.2, 0.25) is 5.02 Å². The average Bonchev–Trinajstić information content (AvgIpc) is 2.91. The van der Waals surface area contributed by atoms with Gasteiger partial charge in [-0.3, -0.25) is 0 Å². The van der Waals surface area contributed by atoms with E-state index in [2.05, 4.69) is 26.5 Å². The molecular formula is C15H12BrClN2O. The first-order valence-corrected chi connectivity index (χ1v) is 7.37. The molecule has 0 radical (unpaired) electrons. The van der Waals surface area contributed by atoms with Gasteiger partial charge in [0.2, 0.25) is 0 Å². The van der Waals surface area contributed by atoms with Gasteiger partial charge in [0, 0.05) is 21.5 Å². The Morgan fingerprint density at radius 3 is 2.85 bits per heavy atom. The van der Waals surface area contributed by atoms with Crippen molar-refractivity contribution in [3.05, 3.63) is 63.1 Å². The topological polar surface area (TPSA) is 44.6 Å². The van der Waals surface area contributed by atoms with Crippen molar-refractivity contribution < 1.29 is 5.11 Å². The second kappa shape index (κ2) is 5.46. The summed E-state index contributed by atoms with van der Waals surface area (Å²) in [4.78, 5) is 0. The van der Waals surface area contributed by atoms with Crippen LogP contribution in [-0.2, 0) is 0 Å². The number of nitrogens with one attached hydrogen (secondary N) is 1. The quantitative estimate of drug-likeness (QED) is 0.849. The Morgan fingerprint density at radius 1 is 1.25 bits per heavy atom. The molecule has 0 aliphatic carbocycles. The molecule has 0 amide bonds. The van der Waals surface area contributed by atoms with E-state index in [1.165, 1.54) is 0 Å². The van der Waals surface area contributed by atoms with Gasteiger partial charge in [-0.1, -0.05) is 45.7 Å². The third kappa shape index (κ3) is 2.53. The average molecular weight is 352 g/mol. The zero-order valence-electron chi connectivity index (χ0n) is 10.5. The predicted molar refractivity (Wildman–Crippen MR) is 84.3 cm³/mol. The molecule has 2 aromatic rings. The van der Waals surface area contributed by atoms with Gasteiger partial charge >= 0.3 is 0 Å². The van der Waals surface area contributed by atoms with E-state index in [0.717, 1.165) is 26.3 Å². The number of aromatic hydroxyl groups is 1. The Labute approximate surface area is 130 Å². The summed E-state index contributed by atoms with van der Waals surface area (Å²) in [7, 11) is 0. The number of hydrazone groups is 1. The summed E-state index contributed by atoms with van der Waals surface area (Å²) in [5.74, 6) is 0.230. The third-order valence-corrected chi connectivity index (χ3v) is 4.14. The molecule has 0 unspecified atom stereocenters. The van der Waals surface area contributed by atoms with Gasteiger partial charge in [-0.25, -0.2) is 0 Å². The lowest BCUT2D eigenvalue weighted by atomic mass is 9.98. The van der Waals surface area contributed by atoms with Gasteiger partial charge < -0.3 is 10.5 Å². The van der Waals surface area contributed by atoms with Crippen molar-refractivity contribution >= 4 is 33.2 Å². The van der Waals surface area contributed by atoms with Crippen molar-refractivity contribution in [3.63, 3.8) is 0 Å². The monoisotopic (exact) mass is 350 g/mol. The van der Waals surface area contributed by atoms with Crippen molar-refractivity contribution in [1.82, 2.24) is 5.43 Å². The summed E-state index contributed by atoms with van der Waals surface area (Å²) in [6.45, 7) is 0. The zero-order valence-corrected chi connectivity index (χ0v) is 12.8. The number of hydrogen-bond donors (Lipinski definition) is 2. The Bertz CT molecular complexity index is 687. The Kier molecular flexibility index (Phi) is 3.68. The number of phenolic OH excluding ortho intramolecular Hbond substituents is 1. The third-order valence-electron chi connectivity index (χ3n) is 3.30. The Morgan fingerprint density at radius 2 is 2.05 bits per heavy atom. The van der Waals surface area contributed by atoms with E-state index in [-0.39, 0.29) is 11.8 Å². The molecule has 0 spiro atoms. The SMILES string of the molecule is Oc1ccc(Br)cc1C1=NN[C@H](c2ccccc2Cl)C1. The molecule has 1 heterocycles. The molecule has 0 aromatic heterocycles. The number of hydrogen-bond acceptors (Lipinski definition) is 3. The van der Waals surface area contributed by atoms with Crippen LogP contribution in [0.5, 0.6) is 5.75 Å². The minimum absolute atomic E-state index is 0.0390. The standard InChI is InChI=1S/C15H12BrClN2O/c16-9-5-6-15(20)11(7-9)14-8-13(18-19-14)10-3-1-2-4-12(10)17/h1-7,13,18,20H,8H2/t13-/m0/s1. The van der Waals surface area contributed by atoms with Crippen molar-refractivity contribution in [3.8, 4) is 5.75 Å². The summed E-state index contributed by atoms with van der Waals surface area (Å²) in [6, 6.07) is 13.1. The fourth-order valence-corrected chi connectivity index (χ4v) is 2.92. The van der Waals surface area contributed by atoms with Crippen LogP contribution in [0.1, 0.15) is 23.6 Å². The number of phenols is 1. The van der Waals surface area contributed by atoms with E-state index in [4.69, 9.17) is 11.6 Å². The highest BCUT2D eigenvalue weighted by atomic mass is 79.9. The van der Waals surface area contributed by atoms with Crippen LogP contribution in [0.3, 0.4) is 0 Å². The van der Waals surface area contributed by atoms with Crippen LogP contribution in [0, 0.1) is 0 Å². The predicted octanol–water partition coefficient (Wildman–Crippen LogP) is 4.25. The van der Waals surface area contributed by atoms with Gasteiger partial charge in [-0.15, -0.1) is 0 Å². The highest BCUT2D eigenvalue weighted by molar-refractivity contribution is 9.10. The summed E-state index contributed by atoms with van der Waals surface area (Å²) in [6.07, 6.45) is 0.688. The van der Waals surface area contributed by atoms with E-state index in [0.29, 0.717) is 6.42 Å². The lowest BCUT2D eigenvalue weighted by molar-refractivity contribution is 0.474. The number of nitrogens with zero attached hydrogens (tertiary/aromatic N) is 1. The molecule has 1 atom stereocenters. The minimum atomic E-state index is 0.0390. The molecule has 1 aliphatic heterocycles. The maximum absolute atomic E-state index is 9.95. The molecule has 3 rings (SSSR count). The van der Waals surface area contributed by atoms with Gasteiger partial charge in [0.25, 0.3) is 0 Å². The van der Waals surface area contributed by atoms with Crippen LogP contribution >= 0.6 is 27.5 Å². The van der Waals surface area contributed by atoms with Crippen molar-refractivity contribution in [2.75, 3.05) is 0 Å². The van der Waals surface area contributed by atoms with Gasteiger partial charge in [0.1, 0.15) is 5.75 Å². The number of halogens is 2. The summed E-state index contributed by atoms with van der Waals surface area (Å²) in [5, 5.41) is 15.0. The van der Waals surface area contributed by atoms with E-state index in [1.54, 1.807) is 12.1 Å². The van der Waals surface area contributed by atoms with Crippen molar-refractivity contribution in [1.29, 1.82) is 0 Å². The number of rotatable bonds is 2. The van der Waals surface area contributed by atoms with Gasteiger partial charge in [-0.2, -0.15) is 5.10 Å². The summed E-state index contributed by atoms with van der Waals surface area (Å²) >= 11 is 9.61. The van der Waals surface area contributed by atoms with Crippen LogP contribution in [-0.4, -0.2) is 10.8 Å². The van der Waals surface area contributed by atoms with E-state index in [9.17, 15) is 5.11 Å². The van der Waals surface area contributed by atoms with Crippen LogP contribution in [0.15, 0.2) is 52.0 Å². The molecule has 5 heteroatoms. The zero-order chi connectivity index (χ0) is 14.1. The van der Waals surface area contributed by atoms with Crippen molar-refractivity contribution in [2.24, 2.45) is 5.10 Å². The highest BCUT2D eigenvalue weighted by Gasteiger charge is 2.24. The fourth-order valence-electron chi connectivity index (χ4n) is 2.29. The van der Waals surface area contributed by atoms with Crippen LogP contribution < -0.4 is 5.43 Å².